The molecule has 17 heavy (non-hydrogen) atoms. The van der Waals surface area contributed by atoms with Crippen molar-refractivity contribution in [3.05, 3.63) is 0 Å². The van der Waals surface area contributed by atoms with Crippen LogP contribution in [0.5, 0.6) is 0 Å². The van der Waals surface area contributed by atoms with Crippen molar-refractivity contribution in [2.24, 2.45) is 0 Å². The summed E-state index contributed by atoms with van der Waals surface area (Å²) in [5.74, 6) is -0.237. The van der Waals surface area contributed by atoms with Crippen LogP contribution < -0.4 is 10.6 Å². The Balaban J connectivity index is 3.54. The summed E-state index contributed by atoms with van der Waals surface area (Å²) in [7, 11) is 0. The van der Waals surface area contributed by atoms with Crippen molar-refractivity contribution >= 4 is 18.3 Å². The Bertz CT molecular complexity index is 271. The number of carbonyl (C=O) groups is 2. The molecule has 2 amide bonds. The normalized spacial score (nSPS) is 10.5. The topological polar surface area (TPSA) is 84.5 Å². The molecule has 0 aliphatic heterocycles. The van der Waals surface area contributed by atoms with Gasteiger partial charge in [-0.05, 0) is 27.2 Å². The number of amides is 2. The van der Waals surface area contributed by atoms with Crippen LogP contribution in [-0.2, 0) is 14.3 Å². The average Bonchev–Trinajstić information content (AvgIpc) is 2.19. The van der Waals surface area contributed by atoms with Crippen LogP contribution in [0.2, 0.25) is 0 Å². The second kappa shape index (κ2) is 7.65. The first-order valence-electron chi connectivity index (χ1n) is 5.43. The van der Waals surface area contributed by atoms with Gasteiger partial charge in [0.15, 0.2) is 0 Å². The zero-order valence-electron chi connectivity index (χ0n) is 10.5. The second-order valence-electron chi connectivity index (χ2n) is 4.45. The van der Waals surface area contributed by atoms with Gasteiger partial charge in [0.05, 0.1) is 6.54 Å². The van der Waals surface area contributed by atoms with Gasteiger partial charge in [0.1, 0.15) is 5.60 Å². The molecule has 0 saturated carbocycles. The summed E-state index contributed by atoms with van der Waals surface area (Å²) >= 11 is 0. The molecule has 0 aromatic carbocycles. The quantitative estimate of drug-likeness (QED) is 0.666. The molecule has 0 aliphatic carbocycles. The summed E-state index contributed by atoms with van der Waals surface area (Å²) in [4.78, 5) is 32.1. The van der Waals surface area contributed by atoms with Gasteiger partial charge in [0, 0.05) is 13.0 Å². The number of carbonyl (C=O) groups excluding carboxylic acids is 3. The Hall–Kier alpha value is -1.59. The van der Waals surface area contributed by atoms with Gasteiger partial charge in [0.25, 0.3) is 0 Å². The van der Waals surface area contributed by atoms with Crippen LogP contribution in [0.4, 0.5) is 4.79 Å². The second-order valence-corrected chi connectivity index (χ2v) is 4.45. The van der Waals surface area contributed by atoms with E-state index in [0.717, 1.165) is 0 Å². The number of nitrogens with one attached hydrogen (secondary N) is 2. The van der Waals surface area contributed by atoms with Gasteiger partial charge in [-0.15, -0.1) is 0 Å². The van der Waals surface area contributed by atoms with Crippen molar-refractivity contribution < 1.29 is 19.1 Å². The zero-order chi connectivity index (χ0) is 13.3. The van der Waals surface area contributed by atoms with Crippen LogP contribution in [0.25, 0.3) is 0 Å². The van der Waals surface area contributed by atoms with Crippen LogP contribution in [-0.4, -0.2) is 37.0 Å². The maximum absolute atomic E-state index is 11.2. The minimum absolute atomic E-state index is 0.0989. The fraction of sp³-hybridized carbons (Fsp3) is 0.727. The molecule has 0 fully saturated rings. The van der Waals surface area contributed by atoms with Crippen LogP contribution in [0.1, 0.15) is 33.6 Å². The lowest BCUT2D eigenvalue weighted by molar-refractivity contribution is -0.120. The van der Waals surface area contributed by atoms with Gasteiger partial charge in [-0.1, -0.05) is 0 Å². The summed E-state index contributed by atoms with van der Waals surface area (Å²) in [6.45, 7) is 5.58. The Labute approximate surface area is 101 Å². The predicted molar refractivity (Wildman–Crippen MR) is 62.2 cm³/mol. The molecule has 0 heterocycles. The van der Waals surface area contributed by atoms with Crippen LogP contribution in [0.15, 0.2) is 0 Å². The van der Waals surface area contributed by atoms with Gasteiger partial charge in [-0.3, -0.25) is 9.59 Å². The van der Waals surface area contributed by atoms with Crippen LogP contribution >= 0.6 is 0 Å². The van der Waals surface area contributed by atoms with E-state index in [1.165, 1.54) is 0 Å². The lowest BCUT2D eigenvalue weighted by Gasteiger charge is -2.19. The number of rotatable bonds is 6. The Morgan fingerprint density at radius 1 is 1.24 bits per heavy atom. The summed E-state index contributed by atoms with van der Waals surface area (Å²) in [6.07, 6.45) is 1.80. The highest BCUT2D eigenvalue weighted by Crippen LogP contribution is 2.06. The minimum Gasteiger partial charge on any atom is -0.444 e. The molecule has 97 valence electrons. The highest BCUT2D eigenvalue weighted by Gasteiger charge is 2.15. The van der Waals surface area contributed by atoms with E-state index in [0.29, 0.717) is 13.0 Å². The van der Waals surface area contributed by atoms with E-state index in [2.05, 4.69) is 10.6 Å². The maximum Gasteiger partial charge on any atom is 0.407 e. The van der Waals surface area contributed by atoms with Crippen molar-refractivity contribution in [1.29, 1.82) is 0 Å². The molecular formula is C11H19N2O4. The molecule has 1 radical (unpaired) electrons. The average molecular weight is 243 g/mol. The van der Waals surface area contributed by atoms with Gasteiger partial charge in [-0.25, -0.2) is 4.79 Å². The summed E-state index contributed by atoms with van der Waals surface area (Å²) in [5, 5.41) is 4.88. The maximum atomic E-state index is 11.2. The fourth-order valence-corrected chi connectivity index (χ4v) is 0.977. The Morgan fingerprint density at radius 3 is 2.41 bits per heavy atom. The van der Waals surface area contributed by atoms with Gasteiger partial charge in [0.2, 0.25) is 12.2 Å². The predicted octanol–water partition coefficient (Wildman–Crippen LogP) is 0.517. The van der Waals surface area contributed by atoms with E-state index in [1.54, 1.807) is 27.1 Å². The smallest absolute Gasteiger partial charge is 0.407 e. The monoisotopic (exact) mass is 243 g/mol. The SMILES string of the molecule is CC(C)(C)OC(=O)NCCCC(=O)NC[C]=O. The molecular weight excluding hydrogens is 224 g/mol. The zero-order valence-corrected chi connectivity index (χ0v) is 10.5. The van der Waals surface area contributed by atoms with Crippen LogP contribution in [0, 0.1) is 0 Å². The Morgan fingerprint density at radius 2 is 1.88 bits per heavy atom. The first-order valence-corrected chi connectivity index (χ1v) is 5.43. The van der Waals surface area contributed by atoms with E-state index in [4.69, 9.17) is 4.74 Å². The molecule has 0 aliphatic rings. The van der Waals surface area contributed by atoms with Crippen LogP contribution in [0.3, 0.4) is 0 Å². The van der Waals surface area contributed by atoms with E-state index in [-0.39, 0.29) is 18.9 Å². The summed E-state index contributed by atoms with van der Waals surface area (Å²) in [6, 6.07) is 0. The molecule has 6 heteroatoms. The number of hydrogen-bond acceptors (Lipinski definition) is 4. The largest absolute Gasteiger partial charge is 0.444 e. The van der Waals surface area contributed by atoms with E-state index >= 15 is 0 Å². The van der Waals surface area contributed by atoms with E-state index < -0.39 is 11.7 Å². The first kappa shape index (κ1) is 15.4. The van der Waals surface area contributed by atoms with Crippen molar-refractivity contribution in [2.45, 2.75) is 39.2 Å². The van der Waals surface area contributed by atoms with E-state index in [1.807, 2.05) is 0 Å². The highest BCUT2D eigenvalue weighted by atomic mass is 16.6. The molecule has 0 aromatic rings. The molecule has 0 bridgehead atoms. The first-order chi connectivity index (χ1) is 7.85. The lowest BCUT2D eigenvalue weighted by Crippen LogP contribution is -2.33. The number of ether oxygens (including phenoxy) is 1. The molecule has 6 nitrogen and oxygen atoms in total. The standard InChI is InChI=1S/C11H19N2O4/c1-11(2,3)17-10(16)13-6-4-5-9(15)12-7-8-14/h4-7H2,1-3H3,(H,12,15)(H,13,16). The van der Waals surface area contributed by atoms with Gasteiger partial charge >= 0.3 is 6.09 Å². The lowest BCUT2D eigenvalue weighted by atomic mass is 10.2. The van der Waals surface area contributed by atoms with Crippen molar-refractivity contribution in [3.63, 3.8) is 0 Å². The number of hydrogen-bond donors (Lipinski definition) is 2. The molecule has 0 atom stereocenters. The third-order valence-electron chi connectivity index (χ3n) is 1.61. The Kier molecular flexibility index (Phi) is 6.93. The minimum atomic E-state index is -0.527. The van der Waals surface area contributed by atoms with Gasteiger partial charge in [-0.2, -0.15) is 0 Å². The molecule has 0 rings (SSSR count). The summed E-state index contributed by atoms with van der Waals surface area (Å²) < 4.78 is 5.01. The molecule has 0 spiro atoms. The number of alkyl carbamates (subject to hydrolysis) is 1. The molecule has 0 unspecified atom stereocenters. The van der Waals surface area contributed by atoms with Crippen molar-refractivity contribution in [1.82, 2.24) is 10.6 Å². The summed E-state index contributed by atoms with van der Waals surface area (Å²) in [5.41, 5.74) is -0.527. The molecule has 0 aromatic heterocycles. The third kappa shape index (κ3) is 10.7. The highest BCUT2D eigenvalue weighted by molar-refractivity contribution is 5.78. The van der Waals surface area contributed by atoms with Crippen molar-refractivity contribution in [3.8, 4) is 0 Å². The third-order valence-corrected chi connectivity index (χ3v) is 1.61. The molecule has 2 N–H and O–H groups in total. The van der Waals surface area contributed by atoms with Crippen molar-refractivity contribution in [2.75, 3.05) is 13.1 Å². The fourth-order valence-electron chi connectivity index (χ4n) is 0.977. The van der Waals surface area contributed by atoms with Gasteiger partial charge < -0.3 is 15.4 Å². The van der Waals surface area contributed by atoms with E-state index in [9.17, 15) is 14.4 Å². The molecule has 0 saturated heterocycles.